The Morgan fingerprint density at radius 2 is 1.70 bits per heavy atom. The molecule has 0 fully saturated rings. The Bertz CT molecular complexity index is 741. The third-order valence-corrected chi connectivity index (χ3v) is 3.67. The van der Waals surface area contributed by atoms with Gasteiger partial charge in [0, 0.05) is 5.69 Å². The van der Waals surface area contributed by atoms with E-state index >= 15 is 0 Å². The topological polar surface area (TPSA) is 45.8 Å². The normalized spacial score (nSPS) is 10.3. The number of hydrogen-bond acceptors (Lipinski definition) is 2. The van der Waals surface area contributed by atoms with Gasteiger partial charge in [0.2, 0.25) is 0 Å². The maximum absolute atomic E-state index is 12.3. The Kier molecular flexibility index (Phi) is 3.76. The lowest BCUT2D eigenvalue weighted by Gasteiger charge is -2.15. The van der Waals surface area contributed by atoms with E-state index < -0.39 is 0 Å². The molecule has 1 aromatic heterocycles. The third-order valence-electron chi connectivity index (χ3n) is 3.67. The highest BCUT2D eigenvalue weighted by molar-refractivity contribution is 5.38. The molecule has 0 spiro atoms. The van der Waals surface area contributed by atoms with Gasteiger partial charge < -0.3 is 4.57 Å². The van der Waals surface area contributed by atoms with Crippen LogP contribution < -0.4 is 5.56 Å². The third kappa shape index (κ3) is 2.50. The van der Waals surface area contributed by atoms with Crippen LogP contribution in [0, 0.1) is 39.0 Å². The molecule has 0 saturated heterocycles. The van der Waals surface area contributed by atoms with Crippen molar-refractivity contribution < 1.29 is 0 Å². The predicted octanol–water partition coefficient (Wildman–Crippen LogP) is 3.00. The van der Waals surface area contributed by atoms with Gasteiger partial charge in [0.25, 0.3) is 5.56 Å². The smallest absolute Gasteiger partial charge is 0.268 e. The minimum Gasteiger partial charge on any atom is -0.307 e. The molecular formula is C17H18N2O. The summed E-state index contributed by atoms with van der Waals surface area (Å²) < 4.78 is 1.67. The van der Waals surface area contributed by atoms with Crippen LogP contribution in [0.3, 0.4) is 0 Å². The molecule has 3 nitrogen and oxygen atoms in total. The summed E-state index contributed by atoms with van der Waals surface area (Å²) in [6, 6.07) is 9.60. The van der Waals surface area contributed by atoms with E-state index in [4.69, 9.17) is 5.26 Å². The SMILES string of the molecule is Cc1cc(C)c(Cn2c(C)ccc(C#N)c2=O)c(C)c1. The molecule has 102 valence electrons. The van der Waals surface area contributed by atoms with Crippen LogP contribution in [0.1, 0.15) is 33.5 Å². The van der Waals surface area contributed by atoms with Crippen LogP contribution in [0.15, 0.2) is 29.1 Å². The number of benzene rings is 1. The first-order valence-electron chi connectivity index (χ1n) is 6.61. The van der Waals surface area contributed by atoms with Crippen LogP contribution in [0.5, 0.6) is 0 Å². The first-order valence-corrected chi connectivity index (χ1v) is 6.61. The molecule has 1 aromatic carbocycles. The molecule has 0 aliphatic carbocycles. The summed E-state index contributed by atoms with van der Waals surface area (Å²) in [6.45, 7) is 8.59. The second-order valence-corrected chi connectivity index (χ2v) is 5.27. The number of rotatable bonds is 2. The molecule has 2 aromatic rings. The maximum atomic E-state index is 12.3. The van der Waals surface area contributed by atoms with E-state index in [0.717, 1.165) is 11.3 Å². The Labute approximate surface area is 119 Å². The van der Waals surface area contributed by atoms with Crippen molar-refractivity contribution in [1.82, 2.24) is 4.57 Å². The first kappa shape index (κ1) is 14.1. The molecule has 0 unspecified atom stereocenters. The molecule has 1 heterocycles. The fourth-order valence-electron chi connectivity index (χ4n) is 2.57. The zero-order valence-electron chi connectivity index (χ0n) is 12.3. The average Bonchev–Trinajstić information content (AvgIpc) is 2.37. The predicted molar refractivity (Wildman–Crippen MR) is 79.9 cm³/mol. The van der Waals surface area contributed by atoms with Gasteiger partial charge in [-0.25, -0.2) is 0 Å². The quantitative estimate of drug-likeness (QED) is 0.838. The van der Waals surface area contributed by atoms with E-state index in [-0.39, 0.29) is 11.1 Å². The highest BCUT2D eigenvalue weighted by atomic mass is 16.1. The number of nitriles is 1. The van der Waals surface area contributed by atoms with Crippen molar-refractivity contribution in [3.8, 4) is 6.07 Å². The van der Waals surface area contributed by atoms with Gasteiger partial charge in [-0.15, -0.1) is 0 Å². The standard InChI is InChI=1S/C17H18N2O/c1-11-7-12(2)16(13(3)8-11)10-19-14(4)5-6-15(9-18)17(19)20/h5-8H,10H2,1-4H3. The molecular weight excluding hydrogens is 248 g/mol. The van der Waals surface area contributed by atoms with E-state index in [1.54, 1.807) is 10.6 Å². The van der Waals surface area contributed by atoms with E-state index in [9.17, 15) is 4.79 Å². The van der Waals surface area contributed by atoms with E-state index in [2.05, 4.69) is 32.9 Å². The van der Waals surface area contributed by atoms with Crippen molar-refractivity contribution in [3.63, 3.8) is 0 Å². The monoisotopic (exact) mass is 266 g/mol. The average molecular weight is 266 g/mol. The van der Waals surface area contributed by atoms with Crippen molar-refractivity contribution in [2.24, 2.45) is 0 Å². The number of aryl methyl sites for hydroxylation is 4. The number of nitrogens with zero attached hydrogens (tertiary/aromatic N) is 2. The summed E-state index contributed by atoms with van der Waals surface area (Å²) in [5.74, 6) is 0. The zero-order valence-corrected chi connectivity index (χ0v) is 12.3. The van der Waals surface area contributed by atoms with Gasteiger partial charge in [-0.1, -0.05) is 17.7 Å². The molecule has 0 bridgehead atoms. The Morgan fingerprint density at radius 3 is 2.25 bits per heavy atom. The van der Waals surface area contributed by atoms with Crippen LogP contribution in [0.4, 0.5) is 0 Å². The van der Waals surface area contributed by atoms with E-state index in [1.165, 1.54) is 16.7 Å². The lowest BCUT2D eigenvalue weighted by Crippen LogP contribution is -2.25. The Morgan fingerprint density at radius 1 is 1.10 bits per heavy atom. The van der Waals surface area contributed by atoms with Crippen molar-refractivity contribution in [2.45, 2.75) is 34.2 Å². The minimum atomic E-state index is -0.216. The molecule has 0 atom stereocenters. The zero-order chi connectivity index (χ0) is 14.9. The van der Waals surface area contributed by atoms with Crippen molar-refractivity contribution >= 4 is 0 Å². The van der Waals surface area contributed by atoms with Crippen LogP contribution in [0.25, 0.3) is 0 Å². The van der Waals surface area contributed by atoms with E-state index in [0.29, 0.717) is 6.54 Å². The van der Waals surface area contributed by atoms with E-state index in [1.807, 2.05) is 19.1 Å². The molecule has 3 heteroatoms. The fourth-order valence-corrected chi connectivity index (χ4v) is 2.57. The molecule has 0 saturated carbocycles. The molecule has 0 N–H and O–H groups in total. The summed E-state index contributed by atoms with van der Waals surface area (Å²) in [5.41, 5.74) is 5.57. The summed E-state index contributed by atoms with van der Waals surface area (Å²) in [7, 11) is 0. The van der Waals surface area contributed by atoms with Gasteiger partial charge in [-0.05, 0) is 56.5 Å². The highest BCUT2D eigenvalue weighted by Gasteiger charge is 2.10. The lowest BCUT2D eigenvalue weighted by atomic mass is 9.99. The van der Waals surface area contributed by atoms with Gasteiger partial charge in [0.1, 0.15) is 11.6 Å². The molecule has 20 heavy (non-hydrogen) atoms. The van der Waals surface area contributed by atoms with Gasteiger partial charge >= 0.3 is 0 Å². The van der Waals surface area contributed by atoms with Gasteiger partial charge in [0.15, 0.2) is 0 Å². The number of aromatic nitrogens is 1. The van der Waals surface area contributed by atoms with Crippen LogP contribution in [0.2, 0.25) is 0 Å². The second-order valence-electron chi connectivity index (χ2n) is 5.27. The Balaban J connectivity index is 2.57. The largest absolute Gasteiger partial charge is 0.307 e. The molecule has 0 aliphatic heterocycles. The maximum Gasteiger partial charge on any atom is 0.268 e. The molecule has 0 radical (unpaired) electrons. The number of hydrogen-bond donors (Lipinski definition) is 0. The summed E-state index contributed by atoms with van der Waals surface area (Å²) in [4.78, 5) is 12.3. The van der Waals surface area contributed by atoms with Crippen LogP contribution in [-0.4, -0.2) is 4.57 Å². The van der Waals surface area contributed by atoms with Crippen LogP contribution >= 0.6 is 0 Å². The van der Waals surface area contributed by atoms with Crippen LogP contribution in [-0.2, 0) is 6.54 Å². The van der Waals surface area contributed by atoms with Gasteiger partial charge in [0.05, 0.1) is 6.54 Å². The van der Waals surface area contributed by atoms with Crippen molar-refractivity contribution in [2.75, 3.05) is 0 Å². The Hall–Kier alpha value is -2.34. The summed E-state index contributed by atoms with van der Waals surface area (Å²) >= 11 is 0. The van der Waals surface area contributed by atoms with Crippen molar-refractivity contribution in [1.29, 1.82) is 5.26 Å². The molecule has 0 amide bonds. The lowest BCUT2D eigenvalue weighted by molar-refractivity contribution is 0.720. The van der Waals surface area contributed by atoms with Gasteiger partial charge in [-0.2, -0.15) is 5.26 Å². The fraction of sp³-hybridized carbons (Fsp3) is 0.294. The molecule has 2 rings (SSSR count). The number of pyridine rings is 1. The summed E-state index contributed by atoms with van der Waals surface area (Å²) in [5, 5.41) is 8.98. The van der Waals surface area contributed by atoms with Crippen molar-refractivity contribution in [3.05, 3.63) is 68.1 Å². The second kappa shape index (κ2) is 5.34. The first-order chi connectivity index (χ1) is 9.43. The van der Waals surface area contributed by atoms with Gasteiger partial charge in [-0.3, -0.25) is 4.79 Å². The highest BCUT2D eigenvalue weighted by Crippen LogP contribution is 2.17. The minimum absolute atomic E-state index is 0.193. The summed E-state index contributed by atoms with van der Waals surface area (Å²) in [6.07, 6.45) is 0. The molecule has 0 aliphatic rings.